The van der Waals surface area contributed by atoms with Gasteiger partial charge in [-0.05, 0) is 25.5 Å². The number of nitrogens with two attached hydrogens (primary N) is 1. The monoisotopic (exact) mass is 373 g/mol. The summed E-state index contributed by atoms with van der Waals surface area (Å²) in [6, 6.07) is 6.04. The van der Waals surface area contributed by atoms with Crippen molar-refractivity contribution in [1.82, 2.24) is 14.7 Å². The van der Waals surface area contributed by atoms with E-state index < -0.39 is 0 Å². The van der Waals surface area contributed by atoms with Crippen LogP contribution in [-0.4, -0.2) is 21.9 Å². The van der Waals surface area contributed by atoms with Crippen LogP contribution in [0.4, 0.5) is 0 Å². The Morgan fingerprint density at radius 3 is 2.95 bits per heavy atom. The molecule has 0 atom stereocenters. The number of aryl methyl sites for hydroxylation is 1. The Balaban J connectivity index is 0.00000180. The number of pyridine rings is 1. The van der Waals surface area contributed by atoms with Gasteiger partial charge in [-0.1, -0.05) is 13.0 Å². The first-order valence-electron chi connectivity index (χ1n) is 6.18. The molecular weight excluding hydrogens is 353 g/mol. The molecule has 104 valence electrons. The molecule has 0 aliphatic carbocycles. The second kappa shape index (κ2) is 7.32. The quantitative estimate of drug-likeness (QED) is 0.490. The van der Waals surface area contributed by atoms with Crippen LogP contribution in [0.2, 0.25) is 0 Å². The van der Waals surface area contributed by atoms with E-state index in [1.165, 1.54) is 0 Å². The third-order valence-corrected chi connectivity index (χ3v) is 2.71. The van der Waals surface area contributed by atoms with Crippen molar-refractivity contribution in [3.8, 4) is 0 Å². The molecule has 2 aromatic rings. The highest BCUT2D eigenvalue weighted by Crippen LogP contribution is 2.08. The lowest BCUT2D eigenvalue weighted by atomic mass is 10.4. The molecule has 3 N–H and O–H groups in total. The molecule has 6 heteroatoms. The van der Waals surface area contributed by atoms with Gasteiger partial charge in [-0.3, -0.25) is 0 Å². The molecule has 2 heterocycles. The van der Waals surface area contributed by atoms with Crippen molar-refractivity contribution < 1.29 is 0 Å². The Kier molecular flexibility index (Phi) is 6.07. The summed E-state index contributed by atoms with van der Waals surface area (Å²) in [4.78, 5) is 8.76. The van der Waals surface area contributed by atoms with Crippen LogP contribution in [0, 0.1) is 6.92 Å². The summed E-state index contributed by atoms with van der Waals surface area (Å²) in [5, 5.41) is 3.04. The summed E-state index contributed by atoms with van der Waals surface area (Å²) < 4.78 is 2.06. The SMILES string of the molecule is CCCNC(N)=NCc1cn2c(C)cccc2n1.I. The first-order valence-corrected chi connectivity index (χ1v) is 6.18. The molecule has 0 saturated carbocycles. The fraction of sp³-hybridized carbons (Fsp3) is 0.385. The summed E-state index contributed by atoms with van der Waals surface area (Å²) in [5.74, 6) is 0.477. The third kappa shape index (κ3) is 4.09. The largest absolute Gasteiger partial charge is 0.370 e. The Hall–Kier alpha value is -1.31. The number of nitrogens with one attached hydrogen (secondary N) is 1. The standard InChI is InChI=1S/C13H19N5.HI/c1-3-7-15-13(14)16-8-11-9-18-10(2)5-4-6-12(18)17-11;/h4-6,9H,3,7-8H2,1-2H3,(H3,14,15,16);1H. The van der Waals surface area contributed by atoms with E-state index in [4.69, 9.17) is 5.73 Å². The van der Waals surface area contributed by atoms with Gasteiger partial charge in [-0.2, -0.15) is 0 Å². The topological polar surface area (TPSA) is 67.7 Å². The molecule has 0 aliphatic rings. The van der Waals surface area contributed by atoms with Gasteiger partial charge in [0.15, 0.2) is 5.96 Å². The molecule has 0 fully saturated rings. The molecule has 2 rings (SSSR count). The number of aromatic nitrogens is 2. The number of aliphatic imine (C=N–C) groups is 1. The molecule has 0 aliphatic heterocycles. The first kappa shape index (κ1) is 15.7. The van der Waals surface area contributed by atoms with E-state index in [0.29, 0.717) is 12.5 Å². The highest BCUT2D eigenvalue weighted by molar-refractivity contribution is 14.0. The Bertz CT molecular complexity index is 561. The Labute approximate surface area is 130 Å². The van der Waals surface area contributed by atoms with Gasteiger partial charge in [0.25, 0.3) is 0 Å². The van der Waals surface area contributed by atoms with E-state index in [0.717, 1.165) is 30.0 Å². The highest BCUT2D eigenvalue weighted by atomic mass is 127. The predicted molar refractivity (Wildman–Crippen MR) is 89.0 cm³/mol. The maximum Gasteiger partial charge on any atom is 0.188 e. The normalized spacial score (nSPS) is 11.4. The van der Waals surface area contributed by atoms with Crippen molar-refractivity contribution in [2.45, 2.75) is 26.8 Å². The minimum atomic E-state index is 0. The summed E-state index contributed by atoms with van der Waals surface area (Å²) >= 11 is 0. The number of hydrogen-bond donors (Lipinski definition) is 2. The number of halogens is 1. The van der Waals surface area contributed by atoms with Crippen LogP contribution >= 0.6 is 24.0 Å². The molecule has 2 aromatic heterocycles. The molecule has 0 saturated heterocycles. The van der Waals surface area contributed by atoms with E-state index in [2.05, 4.69) is 39.6 Å². The maximum atomic E-state index is 5.74. The van der Waals surface area contributed by atoms with Gasteiger partial charge < -0.3 is 15.5 Å². The van der Waals surface area contributed by atoms with Gasteiger partial charge in [0.05, 0.1) is 12.2 Å². The van der Waals surface area contributed by atoms with E-state index in [9.17, 15) is 0 Å². The van der Waals surface area contributed by atoms with E-state index in [1.807, 2.05) is 18.3 Å². The van der Waals surface area contributed by atoms with E-state index >= 15 is 0 Å². The average Bonchev–Trinajstić information content (AvgIpc) is 2.78. The Morgan fingerprint density at radius 2 is 2.26 bits per heavy atom. The van der Waals surface area contributed by atoms with Crippen molar-refractivity contribution >= 4 is 35.6 Å². The number of nitrogens with zero attached hydrogens (tertiary/aromatic N) is 3. The molecule has 0 amide bonds. The van der Waals surface area contributed by atoms with Crippen molar-refractivity contribution in [3.05, 3.63) is 35.8 Å². The summed E-state index contributed by atoms with van der Waals surface area (Å²) in [7, 11) is 0. The molecular formula is C13H20IN5. The molecule has 0 radical (unpaired) electrons. The lowest BCUT2D eigenvalue weighted by molar-refractivity contribution is 0.824. The lowest BCUT2D eigenvalue weighted by Crippen LogP contribution is -2.32. The number of fused-ring (bicyclic) bond motifs is 1. The minimum Gasteiger partial charge on any atom is -0.370 e. The third-order valence-electron chi connectivity index (χ3n) is 2.71. The van der Waals surface area contributed by atoms with Crippen LogP contribution in [-0.2, 0) is 6.54 Å². The fourth-order valence-electron chi connectivity index (χ4n) is 1.75. The molecule has 0 spiro atoms. The number of hydrogen-bond acceptors (Lipinski definition) is 2. The van der Waals surface area contributed by atoms with Crippen molar-refractivity contribution in [2.75, 3.05) is 6.54 Å². The van der Waals surface area contributed by atoms with Gasteiger partial charge >= 0.3 is 0 Å². The van der Waals surface area contributed by atoms with Crippen LogP contribution in [0.5, 0.6) is 0 Å². The van der Waals surface area contributed by atoms with E-state index in [1.54, 1.807) is 0 Å². The predicted octanol–water partition coefficient (Wildman–Crippen LogP) is 2.08. The number of guanidine groups is 1. The van der Waals surface area contributed by atoms with Gasteiger partial charge in [0, 0.05) is 18.4 Å². The van der Waals surface area contributed by atoms with Crippen molar-refractivity contribution in [3.63, 3.8) is 0 Å². The zero-order valence-electron chi connectivity index (χ0n) is 11.3. The van der Waals surface area contributed by atoms with Crippen molar-refractivity contribution in [1.29, 1.82) is 0 Å². The van der Waals surface area contributed by atoms with Crippen LogP contribution in [0.25, 0.3) is 5.65 Å². The van der Waals surface area contributed by atoms with Crippen LogP contribution < -0.4 is 11.1 Å². The van der Waals surface area contributed by atoms with Crippen LogP contribution in [0.15, 0.2) is 29.4 Å². The van der Waals surface area contributed by atoms with Gasteiger partial charge in [0.2, 0.25) is 0 Å². The second-order valence-corrected chi connectivity index (χ2v) is 4.26. The van der Waals surface area contributed by atoms with Gasteiger partial charge in [-0.15, -0.1) is 24.0 Å². The molecule has 0 bridgehead atoms. The van der Waals surface area contributed by atoms with Gasteiger partial charge in [0.1, 0.15) is 5.65 Å². The fourth-order valence-corrected chi connectivity index (χ4v) is 1.75. The molecule has 19 heavy (non-hydrogen) atoms. The molecule has 0 aromatic carbocycles. The van der Waals surface area contributed by atoms with Gasteiger partial charge in [-0.25, -0.2) is 9.98 Å². The molecule has 0 unspecified atom stereocenters. The summed E-state index contributed by atoms with van der Waals surface area (Å²) in [6.45, 7) is 5.49. The minimum absolute atomic E-state index is 0. The second-order valence-electron chi connectivity index (χ2n) is 4.26. The van der Waals surface area contributed by atoms with Crippen LogP contribution in [0.3, 0.4) is 0 Å². The number of rotatable bonds is 4. The zero-order chi connectivity index (χ0) is 13.0. The number of imidazole rings is 1. The van der Waals surface area contributed by atoms with Crippen LogP contribution in [0.1, 0.15) is 24.7 Å². The molecule has 5 nitrogen and oxygen atoms in total. The Morgan fingerprint density at radius 1 is 1.47 bits per heavy atom. The smallest absolute Gasteiger partial charge is 0.188 e. The average molecular weight is 373 g/mol. The summed E-state index contributed by atoms with van der Waals surface area (Å²) in [6.07, 6.45) is 3.03. The zero-order valence-corrected chi connectivity index (χ0v) is 13.6. The van der Waals surface area contributed by atoms with Crippen molar-refractivity contribution in [2.24, 2.45) is 10.7 Å². The van der Waals surface area contributed by atoms with E-state index in [-0.39, 0.29) is 24.0 Å². The first-order chi connectivity index (χ1) is 8.70. The lowest BCUT2D eigenvalue weighted by Gasteiger charge is -2.01. The summed E-state index contributed by atoms with van der Waals surface area (Å²) in [5.41, 5.74) is 8.76. The maximum absolute atomic E-state index is 5.74. The highest BCUT2D eigenvalue weighted by Gasteiger charge is 2.02.